The monoisotopic (exact) mass is 301 g/mol. The van der Waals surface area contributed by atoms with E-state index in [-0.39, 0.29) is 24.6 Å². The maximum Gasteiger partial charge on any atom is 0.242 e. The molecule has 0 unspecified atom stereocenters. The standard InChI is InChI=1S/C17H23N3O2/c1-3-5-15-17(22)19-12(10-21)8-11-9-18-13-6-4-7-14(16(11)13)20(15)2/h4,6-7,9,12,15,18,21H,3,5,8,10H2,1-2H3,(H,19,22)/t12-,15-/m0/s1. The molecule has 118 valence electrons. The molecule has 1 aromatic carbocycles. The van der Waals surface area contributed by atoms with E-state index in [9.17, 15) is 9.90 Å². The van der Waals surface area contributed by atoms with Crippen LogP contribution in [0, 0.1) is 0 Å². The Hall–Kier alpha value is -2.01. The first kappa shape index (κ1) is 14.9. The van der Waals surface area contributed by atoms with E-state index >= 15 is 0 Å². The topological polar surface area (TPSA) is 68.4 Å². The minimum atomic E-state index is -0.245. The number of hydrogen-bond donors (Lipinski definition) is 3. The van der Waals surface area contributed by atoms with E-state index in [1.165, 1.54) is 0 Å². The van der Waals surface area contributed by atoms with Gasteiger partial charge in [-0.3, -0.25) is 4.79 Å². The molecule has 0 spiro atoms. The number of carbonyl (C=O) groups is 1. The summed E-state index contributed by atoms with van der Waals surface area (Å²) in [4.78, 5) is 18.0. The molecule has 5 nitrogen and oxygen atoms in total. The van der Waals surface area contributed by atoms with Crippen LogP contribution in [0.1, 0.15) is 25.3 Å². The van der Waals surface area contributed by atoms with Gasteiger partial charge in [0.25, 0.3) is 0 Å². The molecule has 2 heterocycles. The number of H-pyrrole nitrogens is 1. The Morgan fingerprint density at radius 2 is 2.23 bits per heavy atom. The lowest BCUT2D eigenvalue weighted by atomic mass is 10.0. The molecule has 5 heteroatoms. The van der Waals surface area contributed by atoms with Crippen molar-refractivity contribution in [3.05, 3.63) is 30.0 Å². The molecule has 1 aliphatic heterocycles. The van der Waals surface area contributed by atoms with Crippen molar-refractivity contribution in [1.82, 2.24) is 10.3 Å². The summed E-state index contributed by atoms with van der Waals surface area (Å²) in [6, 6.07) is 5.66. The van der Waals surface area contributed by atoms with Crippen molar-refractivity contribution in [2.24, 2.45) is 0 Å². The van der Waals surface area contributed by atoms with E-state index in [0.29, 0.717) is 6.42 Å². The summed E-state index contributed by atoms with van der Waals surface area (Å²) in [6.07, 6.45) is 4.34. The zero-order chi connectivity index (χ0) is 15.7. The molecule has 0 radical (unpaired) electrons. The smallest absolute Gasteiger partial charge is 0.242 e. The maximum absolute atomic E-state index is 12.6. The van der Waals surface area contributed by atoms with Crippen molar-refractivity contribution in [3.8, 4) is 0 Å². The zero-order valence-corrected chi connectivity index (χ0v) is 13.1. The van der Waals surface area contributed by atoms with Crippen LogP contribution < -0.4 is 10.2 Å². The zero-order valence-electron chi connectivity index (χ0n) is 13.1. The van der Waals surface area contributed by atoms with Gasteiger partial charge in [0.1, 0.15) is 6.04 Å². The predicted octanol–water partition coefficient (Wildman–Crippen LogP) is 1.81. The van der Waals surface area contributed by atoms with Gasteiger partial charge in [-0.25, -0.2) is 0 Å². The molecule has 3 N–H and O–H groups in total. The Balaban J connectivity index is 2.16. The predicted molar refractivity (Wildman–Crippen MR) is 88.1 cm³/mol. The Morgan fingerprint density at radius 1 is 1.41 bits per heavy atom. The Bertz CT molecular complexity index is 680. The van der Waals surface area contributed by atoms with Crippen molar-refractivity contribution in [1.29, 1.82) is 0 Å². The van der Waals surface area contributed by atoms with Crippen LogP contribution in [0.4, 0.5) is 5.69 Å². The average Bonchev–Trinajstić information content (AvgIpc) is 2.94. The highest BCUT2D eigenvalue weighted by Gasteiger charge is 2.28. The third kappa shape index (κ3) is 2.46. The van der Waals surface area contributed by atoms with Crippen LogP contribution in [0.3, 0.4) is 0 Å². The van der Waals surface area contributed by atoms with E-state index in [1.807, 2.05) is 25.4 Å². The number of nitrogens with zero attached hydrogens (tertiary/aromatic N) is 1. The molecular formula is C17H23N3O2. The number of aromatic amines is 1. The molecule has 1 amide bonds. The third-order valence-corrected chi connectivity index (χ3v) is 4.51. The van der Waals surface area contributed by atoms with E-state index in [4.69, 9.17) is 0 Å². The average molecular weight is 301 g/mol. The minimum absolute atomic E-state index is 0.00506. The fourth-order valence-corrected chi connectivity index (χ4v) is 3.36. The van der Waals surface area contributed by atoms with Crippen LogP contribution in [0.15, 0.2) is 24.4 Å². The summed E-state index contributed by atoms with van der Waals surface area (Å²) < 4.78 is 0. The maximum atomic E-state index is 12.6. The highest BCUT2D eigenvalue weighted by molar-refractivity contribution is 5.98. The van der Waals surface area contributed by atoms with Crippen LogP contribution >= 0.6 is 0 Å². The second kappa shape index (κ2) is 6.01. The number of benzene rings is 1. The largest absolute Gasteiger partial charge is 0.394 e. The summed E-state index contributed by atoms with van der Waals surface area (Å²) in [6.45, 7) is 2.03. The lowest BCUT2D eigenvalue weighted by Gasteiger charge is -2.29. The summed E-state index contributed by atoms with van der Waals surface area (Å²) in [5.41, 5.74) is 3.27. The first-order valence-electron chi connectivity index (χ1n) is 7.88. The van der Waals surface area contributed by atoms with Crippen LogP contribution in [0.25, 0.3) is 10.9 Å². The van der Waals surface area contributed by atoms with Gasteiger partial charge in [0.2, 0.25) is 5.91 Å². The lowest BCUT2D eigenvalue weighted by molar-refractivity contribution is -0.123. The number of rotatable bonds is 3. The first-order valence-corrected chi connectivity index (χ1v) is 7.88. The van der Waals surface area contributed by atoms with Gasteiger partial charge in [-0.05, 0) is 30.5 Å². The second-order valence-corrected chi connectivity index (χ2v) is 6.02. The number of carbonyl (C=O) groups excluding carboxylic acids is 1. The molecule has 1 aromatic heterocycles. The highest BCUT2D eigenvalue weighted by Crippen LogP contribution is 2.32. The van der Waals surface area contributed by atoms with Crippen LogP contribution in [-0.2, 0) is 11.2 Å². The Kier molecular flexibility index (Phi) is 4.07. The summed E-state index contributed by atoms with van der Waals surface area (Å²) in [7, 11) is 1.98. The number of aromatic nitrogens is 1. The number of amides is 1. The van der Waals surface area contributed by atoms with Crippen molar-refractivity contribution in [2.75, 3.05) is 18.6 Å². The van der Waals surface area contributed by atoms with Crippen molar-refractivity contribution < 1.29 is 9.90 Å². The van der Waals surface area contributed by atoms with Gasteiger partial charge < -0.3 is 20.3 Å². The third-order valence-electron chi connectivity index (χ3n) is 4.51. The molecule has 0 aliphatic carbocycles. The number of aliphatic hydroxyl groups is 1. The van der Waals surface area contributed by atoms with Crippen molar-refractivity contribution in [3.63, 3.8) is 0 Å². The van der Waals surface area contributed by atoms with Crippen LogP contribution in [-0.4, -0.2) is 41.7 Å². The van der Waals surface area contributed by atoms with E-state index in [2.05, 4.69) is 28.2 Å². The van der Waals surface area contributed by atoms with Crippen LogP contribution in [0.2, 0.25) is 0 Å². The van der Waals surface area contributed by atoms with Gasteiger partial charge >= 0.3 is 0 Å². The SMILES string of the molecule is CCC[C@H]1C(=O)N[C@H](CO)Cc2c[nH]c3cccc(c23)N1C. The van der Waals surface area contributed by atoms with Gasteiger partial charge in [-0.1, -0.05) is 19.4 Å². The molecule has 1 aliphatic rings. The van der Waals surface area contributed by atoms with Crippen molar-refractivity contribution in [2.45, 2.75) is 38.3 Å². The lowest BCUT2D eigenvalue weighted by Crippen LogP contribution is -2.49. The van der Waals surface area contributed by atoms with Gasteiger partial charge in [-0.15, -0.1) is 0 Å². The van der Waals surface area contributed by atoms with Gasteiger partial charge in [-0.2, -0.15) is 0 Å². The molecule has 0 bridgehead atoms. The Morgan fingerprint density at radius 3 is 2.95 bits per heavy atom. The van der Waals surface area contributed by atoms with Crippen molar-refractivity contribution >= 4 is 22.5 Å². The van der Waals surface area contributed by atoms with Gasteiger partial charge in [0.05, 0.1) is 12.6 Å². The van der Waals surface area contributed by atoms with Crippen LogP contribution in [0.5, 0.6) is 0 Å². The molecule has 0 saturated heterocycles. The number of likely N-dealkylation sites (N-methyl/N-ethyl adjacent to an activating group) is 1. The number of hydrogen-bond acceptors (Lipinski definition) is 3. The van der Waals surface area contributed by atoms with Gasteiger partial charge in [0, 0.05) is 29.8 Å². The number of anilines is 1. The second-order valence-electron chi connectivity index (χ2n) is 6.02. The highest BCUT2D eigenvalue weighted by atomic mass is 16.3. The normalized spacial score (nSPS) is 22.1. The summed E-state index contributed by atoms with van der Waals surface area (Å²) >= 11 is 0. The molecule has 22 heavy (non-hydrogen) atoms. The fraction of sp³-hybridized carbons (Fsp3) is 0.471. The molecule has 0 saturated carbocycles. The quantitative estimate of drug-likeness (QED) is 0.810. The molecule has 2 aromatic rings. The molecule has 3 rings (SSSR count). The summed E-state index contributed by atoms with van der Waals surface area (Å²) in [5.74, 6) is -0.00506. The van der Waals surface area contributed by atoms with Gasteiger partial charge in [0.15, 0.2) is 0 Å². The first-order chi connectivity index (χ1) is 10.7. The Labute approximate surface area is 130 Å². The number of nitrogens with one attached hydrogen (secondary N) is 2. The fourth-order valence-electron chi connectivity index (χ4n) is 3.36. The number of aliphatic hydroxyl groups excluding tert-OH is 1. The summed E-state index contributed by atoms with van der Waals surface area (Å²) in [5, 5.41) is 13.8. The molecule has 2 atom stereocenters. The molecule has 0 fully saturated rings. The molecular weight excluding hydrogens is 278 g/mol. The van der Waals surface area contributed by atoms with E-state index < -0.39 is 0 Å². The van der Waals surface area contributed by atoms with E-state index in [1.54, 1.807) is 0 Å². The minimum Gasteiger partial charge on any atom is -0.394 e. The van der Waals surface area contributed by atoms with E-state index in [0.717, 1.165) is 35.0 Å².